The summed E-state index contributed by atoms with van der Waals surface area (Å²) in [4.78, 5) is 2.37. The third-order valence-electron chi connectivity index (χ3n) is 2.76. The molecule has 0 radical (unpaired) electrons. The minimum atomic E-state index is 0.604. The number of hydrogen-bond acceptors (Lipinski definition) is 2. The van der Waals surface area contributed by atoms with Crippen molar-refractivity contribution in [1.82, 2.24) is 0 Å². The van der Waals surface area contributed by atoms with E-state index in [0.29, 0.717) is 5.92 Å². The van der Waals surface area contributed by atoms with Crippen molar-refractivity contribution >= 4 is 21.6 Å². The van der Waals surface area contributed by atoms with E-state index < -0.39 is 0 Å². The summed E-state index contributed by atoms with van der Waals surface area (Å²) in [5.41, 5.74) is 8.37. The molecule has 2 nitrogen and oxygen atoms in total. The fourth-order valence-corrected chi connectivity index (χ4v) is 2.92. The molecule has 0 amide bonds. The lowest BCUT2D eigenvalue weighted by atomic mass is 10.0. The fourth-order valence-electron chi connectivity index (χ4n) is 2.18. The van der Waals surface area contributed by atoms with Gasteiger partial charge in [0.1, 0.15) is 0 Å². The van der Waals surface area contributed by atoms with Crippen LogP contribution < -0.4 is 10.6 Å². The summed E-state index contributed by atoms with van der Waals surface area (Å²) in [5, 5.41) is 0. The number of hydrogen-bond donors (Lipinski definition) is 1. The second-order valence-corrected chi connectivity index (χ2v) is 4.66. The second-order valence-electron chi connectivity index (χ2n) is 3.81. The predicted molar refractivity (Wildman–Crippen MR) is 63.8 cm³/mol. The Morgan fingerprint density at radius 1 is 1.57 bits per heavy atom. The van der Waals surface area contributed by atoms with Gasteiger partial charge in [0.05, 0.1) is 0 Å². The summed E-state index contributed by atoms with van der Waals surface area (Å²) in [6, 6.07) is 6.38. The van der Waals surface area contributed by atoms with Crippen molar-refractivity contribution in [2.75, 3.05) is 24.5 Å². The molecule has 0 fully saturated rings. The topological polar surface area (TPSA) is 29.3 Å². The van der Waals surface area contributed by atoms with E-state index in [9.17, 15) is 0 Å². The van der Waals surface area contributed by atoms with Crippen LogP contribution in [0.15, 0.2) is 22.7 Å². The third-order valence-corrected chi connectivity index (χ3v) is 3.45. The van der Waals surface area contributed by atoms with Gasteiger partial charge < -0.3 is 10.6 Å². The van der Waals surface area contributed by atoms with E-state index in [0.717, 1.165) is 19.6 Å². The molecule has 0 bridgehead atoms. The standard InChI is InChI=1S/C11H15BrN2/c1-8-7-14(6-5-13)10-4-2-3-9(12)11(8)10/h2-4,8H,5-7,13H2,1H3. The molecule has 2 N–H and O–H groups in total. The van der Waals surface area contributed by atoms with Crippen molar-refractivity contribution in [3.05, 3.63) is 28.2 Å². The minimum absolute atomic E-state index is 0.604. The zero-order valence-electron chi connectivity index (χ0n) is 8.33. The number of nitrogens with zero attached hydrogens (tertiary/aromatic N) is 1. The van der Waals surface area contributed by atoms with Gasteiger partial charge in [-0.1, -0.05) is 28.9 Å². The Hall–Kier alpha value is -0.540. The van der Waals surface area contributed by atoms with Crippen LogP contribution >= 0.6 is 15.9 Å². The first kappa shape index (κ1) is 9.99. The molecule has 1 unspecified atom stereocenters. The maximum Gasteiger partial charge on any atom is 0.0414 e. The van der Waals surface area contributed by atoms with E-state index in [1.807, 2.05) is 0 Å². The molecule has 1 aliphatic heterocycles. The van der Waals surface area contributed by atoms with Gasteiger partial charge in [-0.05, 0) is 17.7 Å². The smallest absolute Gasteiger partial charge is 0.0414 e. The first-order valence-corrected chi connectivity index (χ1v) is 5.76. The van der Waals surface area contributed by atoms with Crippen LogP contribution in [0.2, 0.25) is 0 Å². The van der Waals surface area contributed by atoms with Gasteiger partial charge in [-0.3, -0.25) is 0 Å². The molecule has 0 saturated carbocycles. The Bertz CT molecular complexity index is 338. The Morgan fingerprint density at radius 2 is 2.36 bits per heavy atom. The number of halogens is 1. The maximum absolute atomic E-state index is 5.60. The van der Waals surface area contributed by atoms with E-state index in [1.54, 1.807) is 0 Å². The zero-order valence-corrected chi connectivity index (χ0v) is 9.92. The van der Waals surface area contributed by atoms with Crippen molar-refractivity contribution in [3.8, 4) is 0 Å². The van der Waals surface area contributed by atoms with Gasteiger partial charge >= 0.3 is 0 Å². The molecule has 1 aromatic carbocycles. The molecule has 3 heteroatoms. The molecule has 0 aromatic heterocycles. The van der Waals surface area contributed by atoms with E-state index in [4.69, 9.17) is 5.73 Å². The van der Waals surface area contributed by atoms with Gasteiger partial charge in [0.15, 0.2) is 0 Å². The Kier molecular flexibility index (Phi) is 2.79. The first-order chi connectivity index (χ1) is 6.74. The van der Waals surface area contributed by atoms with Crippen molar-refractivity contribution < 1.29 is 0 Å². The number of anilines is 1. The van der Waals surface area contributed by atoms with Gasteiger partial charge in [0, 0.05) is 35.7 Å². The lowest BCUT2D eigenvalue weighted by molar-refractivity contribution is 0.743. The average Bonchev–Trinajstić information content (AvgIpc) is 2.46. The minimum Gasteiger partial charge on any atom is -0.369 e. The SMILES string of the molecule is CC1CN(CCN)c2cccc(Br)c21. The molecule has 0 saturated heterocycles. The van der Waals surface area contributed by atoms with Crippen LogP contribution in [0.4, 0.5) is 5.69 Å². The van der Waals surface area contributed by atoms with Gasteiger partial charge in [-0.25, -0.2) is 0 Å². The van der Waals surface area contributed by atoms with Crippen LogP contribution in [0.5, 0.6) is 0 Å². The highest BCUT2D eigenvalue weighted by molar-refractivity contribution is 9.10. The number of fused-ring (bicyclic) bond motifs is 1. The molecule has 1 aliphatic rings. The van der Waals surface area contributed by atoms with Gasteiger partial charge in [-0.2, -0.15) is 0 Å². The highest BCUT2D eigenvalue weighted by Gasteiger charge is 2.26. The van der Waals surface area contributed by atoms with Crippen LogP contribution in [0.1, 0.15) is 18.4 Å². The van der Waals surface area contributed by atoms with Gasteiger partial charge in [-0.15, -0.1) is 0 Å². The van der Waals surface area contributed by atoms with E-state index in [-0.39, 0.29) is 0 Å². The molecule has 14 heavy (non-hydrogen) atoms. The molecule has 1 atom stereocenters. The van der Waals surface area contributed by atoms with Gasteiger partial charge in [0.2, 0.25) is 0 Å². The van der Waals surface area contributed by atoms with Crippen LogP contribution in [-0.2, 0) is 0 Å². The maximum atomic E-state index is 5.60. The first-order valence-electron chi connectivity index (χ1n) is 4.97. The summed E-state index contributed by atoms with van der Waals surface area (Å²) >= 11 is 3.61. The number of nitrogens with two attached hydrogens (primary N) is 1. The van der Waals surface area contributed by atoms with Crippen LogP contribution in [0, 0.1) is 0 Å². The van der Waals surface area contributed by atoms with E-state index >= 15 is 0 Å². The molecular formula is C11H15BrN2. The van der Waals surface area contributed by atoms with E-state index in [1.165, 1.54) is 15.7 Å². The van der Waals surface area contributed by atoms with Crippen LogP contribution in [-0.4, -0.2) is 19.6 Å². The normalized spacial score (nSPS) is 19.9. The summed E-state index contributed by atoms with van der Waals surface area (Å²) in [6.07, 6.45) is 0. The van der Waals surface area contributed by atoms with Crippen LogP contribution in [0.3, 0.4) is 0 Å². The Labute approximate surface area is 93.2 Å². The number of rotatable bonds is 2. The summed E-state index contributed by atoms with van der Waals surface area (Å²) in [5.74, 6) is 0.604. The molecule has 76 valence electrons. The fraction of sp³-hybridized carbons (Fsp3) is 0.455. The molecular weight excluding hydrogens is 240 g/mol. The molecule has 0 aliphatic carbocycles. The summed E-state index contributed by atoms with van der Waals surface area (Å²) in [6.45, 7) is 5.03. The zero-order chi connectivity index (χ0) is 10.1. The molecule has 2 rings (SSSR count). The highest BCUT2D eigenvalue weighted by atomic mass is 79.9. The van der Waals surface area contributed by atoms with Crippen LogP contribution in [0.25, 0.3) is 0 Å². The van der Waals surface area contributed by atoms with Crippen molar-refractivity contribution in [1.29, 1.82) is 0 Å². The molecule has 0 spiro atoms. The molecule has 1 aromatic rings. The molecule has 1 heterocycles. The highest BCUT2D eigenvalue weighted by Crippen LogP contribution is 2.40. The largest absolute Gasteiger partial charge is 0.369 e. The Balaban J connectivity index is 2.39. The van der Waals surface area contributed by atoms with Crippen molar-refractivity contribution in [3.63, 3.8) is 0 Å². The van der Waals surface area contributed by atoms with Crippen molar-refractivity contribution in [2.45, 2.75) is 12.8 Å². The average molecular weight is 255 g/mol. The van der Waals surface area contributed by atoms with Crippen molar-refractivity contribution in [2.24, 2.45) is 5.73 Å². The predicted octanol–water partition coefficient (Wildman–Crippen LogP) is 2.33. The van der Waals surface area contributed by atoms with Gasteiger partial charge in [0.25, 0.3) is 0 Å². The Morgan fingerprint density at radius 3 is 3.07 bits per heavy atom. The lowest BCUT2D eigenvalue weighted by Crippen LogP contribution is -2.27. The summed E-state index contributed by atoms with van der Waals surface area (Å²) < 4.78 is 1.22. The lowest BCUT2D eigenvalue weighted by Gasteiger charge is -2.18. The van der Waals surface area contributed by atoms with E-state index in [2.05, 4.69) is 46.0 Å². The second kappa shape index (κ2) is 3.91. The third kappa shape index (κ3) is 1.55. The number of benzene rings is 1. The summed E-state index contributed by atoms with van der Waals surface area (Å²) in [7, 11) is 0. The monoisotopic (exact) mass is 254 g/mol. The quantitative estimate of drug-likeness (QED) is 0.878.